The van der Waals surface area contributed by atoms with Crippen molar-refractivity contribution in [3.8, 4) is 28.4 Å². The zero-order valence-corrected chi connectivity index (χ0v) is 33.6. The zero-order chi connectivity index (χ0) is 40.4. The Labute approximate surface area is 341 Å². The van der Waals surface area contributed by atoms with E-state index in [1.165, 1.54) is 0 Å². The number of amides is 2. The molecule has 2 aliphatic rings. The number of nitrogens with zero attached hydrogens (tertiary/aromatic N) is 2. The topological polar surface area (TPSA) is 127 Å². The van der Waals surface area contributed by atoms with Gasteiger partial charge in [-0.05, 0) is 101 Å². The van der Waals surface area contributed by atoms with Gasteiger partial charge in [0.05, 0.1) is 10.0 Å². The molecule has 0 aliphatic carbocycles. The summed E-state index contributed by atoms with van der Waals surface area (Å²) in [4.78, 5) is 45.9. The number of aromatic nitrogens is 1. The summed E-state index contributed by atoms with van der Waals surface area (Å²) >= 11 is 12.2. The summed E-state index contributed by atoms with van der Waals surface area (Å²) in [5.74, 6) is -0.527. The van der Waals surface area contributed by atoms with Crippen molar-refractivity contribution in [2.75, 3.05) is 6.61 Å². The summed E-state index contributed by atoms with van der Waals surface area (Å²) in [5.41, 5.74) is 8.27. The number of benzene rings is 4. The molecule has 0 unspecified atom stereocenters. The lowest BCUT2D eigenvalue weighted by Gasteiger charge is -2.38. The molecule has 10 nitrogen and oxygen atoms in total. The fourth-order valence-electron chi connectivity index (χ4n) is 7.16. The van der Waals surface area contributed by atoms with Gasteiger partial charge in [0.2, 0.25) is 11.8 Å². The average molecular weight is 809 g/mol. The van der Waals surface area contributed by atoms with E-state index in [0.717, 1.165) is 50.2 Å². The van der Waals surface area contributed by atoms with Gasteiger partial charge in [-0.25, -0.2) is 4.79 Å². The lowest BCUT2D eigenvalue weighted by molar-refractivity contribution is -0.146. The molecule has 0 saturated heterocycles. The van der Waals surface area contributed by atoms with Gasteiger partial charge in [0.15, 0.2) is 17.6 Å². The molecule has 3 atom stereocenters. The third kappa shape index (κ3) is 8.87. The zero-order valence-electron chi connectivity index (χ0n) is 32.1. The van der Waals surface area contributed by atoms with Crippen LogP contribution < -0.4 is 19.5 Å². The number of ether oxygens (including phenoxy) is 3. The highest BCUT2D eigenvalue weighted by molar-refractivity contribution is 6.42. The first-order chi connectivity index (χ1) is 27.3. The van der Waals surface area contributed by atoms with Crippen LogP contribution in [0.1, 0.15) is 59.0 Å². The number of halogens is 2. The standard InChI is InChI=1S/C45H43Cl2N3O7/c1-25(2)44(52)50-22-33-21-41-40(56-24-42(57-41)31-10-12-34(13-11-31)55-23-29-7-14-36(46)37(47)17-29)20-32(33)19-39(50)43(51)49-38(45(53)54)18-28-5-8-30(9-6-28)35-15-16-48-27(4)26(35)3/h5-17,20-21,25,38-39,42H,18-19,22-24H2,1-4H3,(H,49,51)(H,53,54)/t38-,39-,42+/m0/s1. The highest BCUT2D eigenvalue weighted by Gasteiger charge is 2.38. The Morgan fingerprint density at radius 2 is 1.63 bits per heavy atom. The van der Waals surface area contributed by atoms with E-state index in [9.17, 15) is 19.5 Å². The van der Waals surface area contributed by atoms with Crippen LogP contribution in [-0.2, 0) is 40.4 Å². The van der Waals surface area contributed by atoms with E-state index in [0.29, 0.717) is 33.9 Å². The Morgan fingerprint density at radius 1 is 0.912 bits per heavy atom. The fourth-order valence-corrected chi connectivity index (χ4v) is 7.49. The maximum Gasteiger partial charge on any atom is 0.326 e. The molecule has 2 aliphatic heterocycles. The number of carbonyl (C=O) groups is 3. The number of rotatable bonds is 11. The van der Waals surface area contributed by atoms with Crippen molar-refractivity contribution in [2.45, 2.75) is 71.9 Å². The molecule has 4 aromatic carbocycles. The summed E-state index contributed by atoms with van der Waals surface area (Å²) in [6.07, 6.45) is 1.65. The minimum atomic E-state index is -1.20. The van der Waals surface area contributed by atoms with Crippen molar-refractivity contribution in [1.29, 1.82) is 0 Å². The number of aryl methyl sites for hydroxylation is 1. The van der Waals surface area contributed by atoms with Gasteiger partial charge in [0.1, 0.15) is 31.0 Å². The molecule has 5 aromatic rings. The van der Waals surface area contributed by atoms with Gasteiger partial charge in [0.25, 0.3) is 0 Å². The number of carbonyl (C=O) groups excluding carboxylic acids is 2. The summed E-state index contributed by atoms with van der Waals surface area (Å²) in [7, 11) is 0. The minimum absolute atomic E-state index is 0.0749. The van der Waals surface area contributed by atoms with E-state index in [1.54, 1.807) is 37.1 Å². The van der Waals surface area contributed by atoms with Gasteiger partial charge in [-0.3, -0.25) is 14.6 Å². The SMILES string of the molecule is Cc1nccc(-c2ccc(C[C@H](NC(=O)[C@@H]3Cc4cc5c(cc4CN3C(=O)C(C)C)O[C@@H](c3ccc(OCc4ccc(Cl)c(Cl)c4)cc3)CO5)C(=O)O)cc2)c1C. The second kappa shape index (κ2) is 16.9. The van der Waals surface area contributed by atoms with Crippen molar-refractivity contribution in [3.05, 3.63) is 140 Å². The van der Waals surface area contributed by atoms with Crippen LogP contribution in [0, 0.1) is 19.8 Å². The number of hydrogen-bond acceptors (Lipinski definition) is 7. The molecule has 0 spiro atoms. The van der Waals surface area contributed by atoms with Gasteiger partial charge in [-0.15, -0.1) is 0 Å². The summed E-state index contributed by atoms with van der Waals surface area (Å²) < 4.78 is 18.6. The van der Waals surface area contributed by atoms with Crippen LogP contribution in [0.4, 0.5) is 0 Å². The Hall–Kier alpha value is -5.58. The van der Waals surface area contributed by atoms with Crippen molar-refractivity contribution in [2.24, 2.45) is 5.92 Å². The lowest BCUT2D eigenvalue weighted by Crippen LogP contribution is -2.56. The molecule has 294 valence electrons. The first kappa shape index (κ1) is 39.6. The number of carboxylic acid groups (broad SMARTS) is 1. The molecular formula is C45H43Cl2N3O7. The van der Waals surface area contributed by atoms with Crippen molar-refractivity contribution < 1.29 is 33.7 Å². The second-order valence-electron chi connectivity index (χ2n) is 14.8. The highest BCUT2D eigenvalue weighted by atomic mass is 35.5. The number of pyridine rings is 1. The highest BCUT2D eigenvalue weighted by Crippen LogP contribution is 2.41. The van der Waals surface area contributed by atoms with Crippen molar-refractivity contribution in [1.82, 2.24) is 15.2 Å². The number of fused-ring (bicyclic) bond motifs is 2. The third-order valence-corrected chi connectivity index (χ3v) is 11.3. The van der Waals surface area contributed by atoms with E-state index >= 15 is 0 Å². The van der Waals surface area contributed by atoms with Gasteiger partial charge < -0.3 is 29.5 Å². The molecule has 3 heterocycles. The summed E-state index contributed by atoms with van der Waals surface area (Å²) in [5, 5.41) is 13.9. The van der Waals surface area contributed by atoms with Crippen LogP contribution in [0.3, 0.4) is 0 Å². The Bertz CT molecular complexity index is 2310. The molecular weight excluding hydrogens is 765 g/mol. The quantitative estimate of drug-likeness (QED) is 0.136. The predicted molar refractivity (Wildman–Crippen MR) is 218 cm³/mol. The van der Waals surface area contributed by atoms with Crippen LogP contribution in [0.2, 0.25) is 10.0 Å². The minimum Gasteiger partial charge on any atom is -0.489 e. The van der Waals surface area contributed by atoms with Crippen LogP contribution in [0.25, 0.3) is 11.1 Å². The summed E-state index contributed by atoms with van der Waals surface area (Å²) in [6, 6.07) is 24.2. The fraction of sp³-hybridized carbons (Fsp3) is 0.289. The van der Waals surface area contributed by atoms with Crippen LogP contribution in [0.15, 0.2) is 91.1 Å². The predicted octanol–water partition coefficient (Wildman–Crippen LogP) is 8.49. The van der Waals surface area contributed by atoms with Gasteiger partial charge >= 0.3 is 5.97 Å². The normalized spacial score (nSPS) is 16.4. The van der Waals surface area contributed by atoms with Gasteiger partial charge in [0, 0.05) is 37.2 Å². The largest absolute Gasteiger partial charge is 0.489 e. The first-order valence-corrected chi connectivity index (χ1v) is 19.6. The lowest BCUT2D eigenvalue weighted by atomic mass is 9.91. The molecule has 0 fully saturated rings. The molecule has 12 heteroatoms. The maximum atomic E-state index is 14.0. The molecule has 57 heavy (non-hydrogen) atoms. The van der Waals surface area contributed by atoms with E-state index < -0.39 is 24.0 Å². The van der Waals surface area contributed by atoms with Crippen LogP contribution in [-0.4, -0.2) is 51.5 Å². The summed E-state index contributed by atoms with van der Waals surface area (Å²) in [6.45, 7) is 8.29. The van der Waals surface area contributed by atoms with Gasteiger partial charge in [-0.1, -0.05) is 79.5 Å². The van der Waals surface area contributed by atoms with Crippen LogP contribution in [0.5, 0.6) is 17.2 Å². The maximum absolute atomic E-state index is 14.0. The van der Waals surface area contributed by atoms with Crippen molar-refractivity contribution in [3.63, 3.8) is 0 Å². The Kier molecular flexibility index (Phi) is 11.7. The van der Waals surface area contributed by atoms with E-state index in [2.05, 4.69) is 10.3 Å². The smallest absolute Gasteiger partial charge is 0.326 e. The first-order valence-electron chi connectivity index (χ1n) is 18.8. The van der Waals surface area contributed by atoms with E-state index in [1.807, 2.05) is 86.6 Å². The van der Waals surface area contributed by atoms with Crippen molar-refractivity contribution >= 4 is 41.0 Å². The van der Waals surface area contributed by atoms with Gasteiger partial charge in [-0.2, -0.15) is 0 Å². The monoisotopic (exact) mass is 807 g/mol. The average Bonchev–Trinajstić information content (AvgIpc) is 3.20. The molecule has 7 rings (SSSR count). The number of carboxylic acids is 1. The number of nitrogens with one attached hydrogen (secondary N) is 1. The molecule has 0 radical (unpaired) electrons. The van der Waals surface area contributed by atoms with E-state index in [4.69, 9.17) is 37.4 Å². The Morgan fingerprint density at radius 3 is 2.33 bits per heavy atom. The second-order valence-corrected chi connectivity index (χ2v) is 15.6. The number of hydrogen-bond donors (Lipinski definition) is 2. The molecule has 0 saturated carbocycles. The molecule has 2 N–H and O–H groups in total. The Balaban J connectivity index is 1.03. The van der Waals surface area contributed by atoms with Crippen LogP contribution >= 0.6 is 23.2 Å². The molecule has 2 amide bonds. The molecule has 0 bridgehead atoms. The van der Waals surface area contributed by atoms with E-state index in [-0.39, 0.29) is 43.9 Å². The number of aliphatic carboxylic acids is 1. The molecule has 1 aromatic heterocycles. The third-order valence-electron chi connectivity index (χ3n) is 10.6.